The Kier molecular flexibility index (Phi) is 8.41. The van der Waals surface area contributed by atoms with Gasteiger partial charge in [-0.15, -0.1) is 0 Å². The van der Waals surface area contributed by atoms with E-state index in [9.17, 15) is 24.8 Å². The number of rotatable bonds is 6. The van der Waals surface area contributed by atoms with Crippen LogP contribution < -0.4 is 9.62 Å². The molecule has 0 amide bonds. The van der Waals surface area contributed by atoms with Gasteiger partial charge in [0.25, 0.3) is 0 Å². The molecule has 176 valence electrons. The first kappa shape index (κ1) is 24.8. The lowest BCUT2D eigenvalue weighted by Gasteiger charge is -2.40. The Balaban J connectivity index is 1.74. The summed E-state index contributed by atoms with van der Waals surface area (Å²) in [5.74, 6) is 0. The largest absolute Gasteiger partial charge is 0.388 e. The number of ether oxygens (including phenoxy) is 1. The molecule has 2 fully saturated rings. The van der Waals surface area contributed by atoms with E-state index in [0.29, 0.717) is 12.0 Å². The predicted molar refractivity (Wildman–Crippen MR) is 123 cm³/mol. The first-order chi connectivity index (χ1) is 15.3. The van der Waals surface area contributed by atoms with Crippen LogP contribution in [0.5, 0.6) is 0 Å². The number of anilines is 1. The van der Waals surface area contributed by atoms with Crippen LogP contribution in [0.1, 0.15) is 25.8 Å². The van der Waals surface area contributed by atoms with Gasteiger partial charge in [-0.3, -0.25) is 0 Å². The number of allylic oxidation sites excluding steroid dienone is 2. The molecule has 0 saturated carbocycles. The summed E-state index contributed by atoms with van der Waals surface area (Å²) < 4.78 is 20.8. The van der Waals surface area contributed by atoms with Crippen molar-refractivity contribution in [1.82, 2.24) is 9.62 Å². The minimum atomic E-state index is -2.03. The van der Waals surface area contributed by atoms with Crippen molar-refractivity contribution in [2.45, 2.75) is 50.9 Å². The fourth-order valence-electron chi connectivity index (χ4n) is 3.98. The minimum absolute atomic E-state index is 0.0242. The molecule has 32 heavy (non-hydrogen) atoms. The van der Waals surface area contributed by atoms with Crippen molar-refractivity contribution in [3.8, 4) is 6.07 Å². The highest BCUT2D eigenvalue weighted by molar-refractivity contribution is 7.87. The van der Waals surface area contributed by atoms with Gasteiger partial charge in [-0.1, -0.05) is 19.1 Å². The molecule has 1 aromatic carbocycles. The molecule has 0 spiro atoms. The maximum Gasteiger partial charge on any atom is 0.174 e. The summed E-state index contributed by atoms with van der Waals surface area (Å²) in [4.78, 5) is 4.56. The molecular formula is C22H32N4O5S. The third kappa shape index (κ3) is 5.38. The Morgan fingerprint density at radius 3 is 2.38 bits per heavy atom. The summed E-state index contributed by atoms with van der Waals surface area (Å²) in [7, 11) is 0.0760. The van der Waals surface area contributed by atoms with Crippen molar-refractivity contribution in [3.05, 3.63) is 34.7 Å². The second-order valence-electron chi connectivity index (χ2n) is 8.27. The van der Waals surface area contributed by atoms with Crippen LogP contribution in [-0.2, 0) is 15.7 Å². The molecule has 0 bridgehead atoms. The molecule has 0 aromatic heterocycles. The fraction of sp³-hybridized carbons (Fsp3) is 0.591. The van der Waals surface area contributed by atoms with Gasteiger partial charge in [-0.05, 0) is 43.7 Å². The van der Waals surface area contributed by atoms with Gasteiger partial charge in [0.2, 0.25) is 0 Å². The number of aliphatic hydroxyl groups excluding tert-OH is 3. The van der Waals surface area contributed by atoms with E-state index in [0.717, 1.165) is 37.4 Å². The van der Waals surface area contributed by atoms with Gasteiger partial charge in [-0.2, -0.15) is 5.26 Å². The zero-order valence-electron chi connectivity index (χ0n) is 18.6. The van der Waals surface area contributed by atoms with Crippen LogP contribution in [0.15, 0.2) is 29.2 Å². The topological polar surface area (TPSA) is 129 Å². The zero-order valence-corrected chi connectivity index (χ0v) is 19.5. The first-order valence-electron chi connectivity index (χ1n) is 10.8. The van der Waals surface area contributed by atoms with Crippen molar-refractivity contribution in [2.75, 3.05) is 38.1 Å². The quantitative estimate of drug-likeness (QED) is 0.439. The lowest BCUT2D eigenvalue weighted by Crippen LogP contribution is -2.62. The SMILES string of the molecule is CC[C@H]1OC(O)[C@H](NS(=O)/C(C#N)=C(\C)c2ccc(N3CCN(C)CC3)cc2)[C@@H](O)[C@@H]1O. The van der Waals surface area contributed by atoms with Crippen LogP contribution in [0.2, 0.25) is 0 Å². The molecule has 3 rings (SSSR count). The molecule has 2 aliphatic rings. The monoisotopic (exact) mass is 464 g/mol. The fourth-order valence-corrected chi connectivity index (χ4v) is 5.08. The Labute approximate surface area is 191 Å². The number of likely N-dealkylation sites (N-methyl/N-ethyl adjacent to an activating group) is 1. The van der Waals surface area contributed by atoms with E-state index in [1.54, 1.807) is 13.8 Å². The number of nitrogens with zero attached hydrogens (tertiary/aromatic N) is 3. The highest BCUT2D eigenvalue weighted by Gasteiger charge is 2.44. The smallest absolute Gasteiger partial charge is 0.174 e. The van der Waals surface area contributed by atoms with Crippen LogP contribution >= 0.6 is 0 Å². The second-order valence-corrected chi connectivity index (χ2v) is 9.45. The summed E-state index contributed by atoms with van der Waals surface area (Å²) >= 11 is 0. The van der Waals surface area contributed by atoms with Crippen LogP contribution in [0, 0.1) is 11.3 Å². The molecule has 1 aromatic rings. The van der Waals surface area contributed by atoms with E-state index in [1.165, 1.54) is 0 Å². The van der Waals surface area contributed by atoms with Crippen LogP contribution in [0.4, 0.5) is 5.69 Å². The van der Waals surface area contributed by atoms with E-state index in [1.807, 2.05) is 30.3 Å². The summed E-state index contributed by atoms with van der Waals surface area (Å²) in [5.41, 5.74) is 2.37. The van der Waals surface area contributed by atoms with E-state index in [2.05, 4.69) is 21.6 Å². The molecule has 6 atom stereocenters. The average Bonchev–Trinajstić information content (AvgIpc) is 2.80. The maximum atomic E-state index is 12.9. The van der Waals surface area contributed by atoms with Gasteiger partial charge in [0.15, 0.2) is 6.29 Å². The highest BCUT2D eigenvalue weighted by Crippen LogP contribution is 2.26. The molecule has 4 N–H and O–H groups in total. The summed E-state index contributed by atoms with van der Waals surface area (Å²) in [6.45, 7) is 7.35. The molecule has 2 aliphatic heterocycles. The Morgan fingerprint density at radius 2 is 1.81 bits per heavy atom. The van der Waals surface area contributed by atoms with Crippen molar-refractivity contribution in [1.29, 1.82) is 5.26 Å². The number of hydrogen-bond acceptors (Lipinski definition) is 8. The lowest BCUT2D eigenvalue weighted by molar-refractivity contribution is -0.244. The molecule has 2 heterocycles. The number of benzene rings is 1. The molecule has 0 aliphatic carbocycles. The Hall–Kier alpha value is -1.84. The third-order valence-corrected chi connectivity index (χ3v) is 7.42. The number of piperazine rings is 1. The van der Waals surface area contributed by atoms with Crippen LogP contribution in [-0.4, -0.2) is 88.3 Å². The molecule has 2 unspecified atom stereocenters. The average molecular weight is 465 g/mol. The molecule has 0 radical (unpaired) electrons. The van der Waals surface area contributed by atoms with E-state index < -0.39 is 41.6 Å². The van der Waals surface area contributed by atoms with E-state index in [4.69, 9.17) is 4.74 Å². The van der Waals surface area contributed by atoms with Gasteiger partial charge in [0, 0.05) is 31.9 Å². The van der Waals surface area contributed by atoms with Crippen LogP contribution in [0.3, 0.4) is 0 Å². The van der Waals surface area contributed by atoms with E-state index in [-0.39, 0.29) is 4.91 Å². The third-order valence-electron chi connectivity index (χ3n) is 6.16. The highest BCUT2D eigenvalue weighted by atomic mass is 32.2. The van der Waals surface area contributed by atoms with Crippen molar-refractivity contribution >= 4 is 22.2 Å². The molecule has 2 saturated heterocycles. The summed E-state index contributed by atoms with van der Waals surface area (Å²) in [5, 5.41) is 40.3. The second kappa shape index (κ2) is 10.9. The lowest BCUT2D eigenvalue weighted by atomic mass is 9.96. The summed E-state index contributed by atoms with van der Waals surface area (Å²) in [6, 6.07) is 8.51. The molecule has 9 nitrogen and oxygen atoms in total. The normalized spacial score (nSPS) is 31.0. The Bertz CT molecular complexity index is 879. The number of hydrogen-bond donors (Lipinski definition) is 4. The standard InChI is InChI=1S/C22H32N4O5S/c1-4-17-20(27)21(28)19(22(29)31-17)24-32(30)18(13-23)14(2)15-5-7-16(8-6-15)26-11-9-25(3)10-12-26/h5-8,17,19-22,24,27-29H,4,9-12H2,1-3H3/b18-14+/t17-,19-,20-,21-,22?,32?/m1/s1. The van der Waals surface area contributed by atoms with E-state index >= 15 is 0 Å². The maximum absolute atomic E-state index is 12.9. The predicted octanol–water partition coefficient (Wildman–Crippen LogP) is 0.164. The van der Waals surface area contributed by atoms with Gasteiger partial charge in [-0.25, -0.2) is 8.93 Å². The molecular weight excluding hydrogens is 432 g/mol. The number of nitriles is 1. The first-order valence-corrected chi connectivity index (χ1v) is 11.9. The van der Waals surface area contributed by atoms with Gasteiger partial charge < -0.3 is 29.9 Å². The van der Waals surface area contributed by atoms with Crippen molar-refractivity contribution in [3.63, 3.8) is 0 Å². The zero-order chi connectivity index (χ0) is 23.4. The minimum Gasteiger partial charge on any atom is -0.388 e. The van der Waals surface area contributed by atoms with Crippen molar-refractivity contribution in [2.24, 2.45) is 0 Å². The molecule has 10 heteroatoms. The number of nitrogens with one attached hydrogen (secondary N) is 1. The summed E-state index contributed by atoms with van der Waals surface area (Å²) in [6.07, 6.45) is -4.42. The number of aliphatic hydroxyl groups is 3. The Morgan fingerprint density at radius 1 is 1.19 bits per heavy atom. The van der Waals surface area contributed by atoms with Crippen molar-refractivity contribution < 1.29 is 24.3 Å². The van der Waals surface area contributed by atoms with Crippen LogP contribution in [0.25, 0.3) is 5.57 Å². The van der Waals surface area contributed by atoms with Gasteiger partial charge in [0.1, 0.15) is 34.2 Å². The van der Waals surface area contributed by atoms with Gasteiger partial charge >= 0.3 is 0 Å². The van der Waals surface area contributed by atoms with Gasteiger partial charge in [0.05, 0.1) is 12.1 Å².